The molecule has 0 aliphatic carbocycles. The summed E-state index contributed by atoms with van der Waals surface area (Å²) in [7, 11) is 0. The minimum Gasteiger partial charge on any atom is -0.462 e. The van der Waals surface area contributed by atoms with Crippen molar-refractivity contribution in [3.8, 4) is 10.8 Å². The van der Waals surface area contributed by atoms with E-state index in [0.717, 1.165) is 0 Å². The number of hydrogen-bond acceptors (Lipinski definition) is 7. The summed E-state index contributed by atoms with van der Waals surface area (Å²) >= 11 is 1.27. The molecule has 0 atom stereocenters. The number of nitrogens with zero attached hydrogens (tertiary/aromatic N) is 2. The Hall–Kier alpha value is -1.77. The first-order valence-electron chi connectivity index (χ1n) is 6.70. The number of nitrogens with one attached hydrogen (secondary N) is 1. The van der Waals surface area contributed by atoms with Crippen molar-refractivity contribution in [3.63, 3.8) is 0 Å². The molecule has 1 aliphatic rings. The van der Waals surface area contributed by atoms with E-state index in [1.54, 1.807) is 18.4 Å². The zero-order valence-corrected chi connectivity index (χ0v) is 12.2. The normalized spacial score (nSPS) is 17.6. The molecule has 1 fully saturated rings. The lowest BCUT2D eigenvalue weighted by Crippen LogP contribution is -2.46. The third-order valence-corrected chi connectivity index (χ3v) is 4.55. The molecule has 21 heavy (non-hydrogen) atoms. The van der Waals surface area contributed by atoms with Crippen molar-refractivity contribution in [2.45, 2.75) is 12.8 Å². The van der Waals surface area contributed by atoms with Crippen LogP contribution < -0.4 is 11.1 Å². The Labute approximate surface area is 125 Å². The molecular formula is C13H16N4O3S. The molecule has 1 saturated heterocycles. The van der Waals surface area contributed by atoms with Crippen LogP contribution in [0.2, 0.25) is 0 Å². The van der Waals surface area contributed by atoms with E-state index in [2.05, 4.69) is 15.5 Å². The summed E-state index contributed by atoms with van der Waals surface area (Å²) in [6, 6.07) is 3.58. The first-order chi connectivity index (χ1) is 10.2. The van der Waals surface area contributed by atoms with Crippen LogP contribution in [0.1, 0.15) is 12.8 Å². The average Bonchev–Trinajstić information content (AvgIpc) is 3.18. The van der Waals surface area contributed by atoms with Crippen LogP contribution in [0.25, 0.3) is 10.8 Å². The van der Waals surface area contributed by atoms with E-state index >= 15 is 0 Å². The predicted octanol–water partition coefficient (Wildman–Crippen LogP) is 1.49. The second-order valence-electron chi connectivity index (χ2n) is 4.94. The van der Waals surface area contributed by atoms with Gasteiger partial charge in [-0.05, 0) is 25.0 Å². The van der Waals surface area contributed by atoms with Crippen molar-refractivity contribution in [1.29, 1.82) is 0 Å². The van der Waals surface area contributed by atoms with E-state index in [-0.39, 0.29) is 5.91 Å². The van der Waals surface area contributed by atoms with Crippen LogP contribution in [-0.4, -0.2) is 35.9 Å². The number of anilines is 1. The van der Waals surface area contributed by atoms with Crippen LogP contribution in [0.3, 0.4) is 0 Å². The maximum absolute atomic E-state index is 12.5. The van der Waals surface area contributed by atoms with E-state index in [1.807, 2.05) is 0 Å². The Kier molecular flexibility index (Phi) is 4.00. The molecule has 7 nitrogen and oxygen atoms in total. The summed E-state index contributed by atoms with van der Waals surface area (Å²) in [6.07, 6.45) is 2.82. The second-order valence-corrected chi connectivity index (χ2v) is 5.92. The van der Waals surface area contributed by atoms with Crippen LogP contribution in [0.15, 0.2) is 22.8 Å². The molecule has 8 heteroatoms. The summed E-state index contributed by atoms with van der Waals surface area (Å²) in [5.41, 5.74) is 5.24. The van der Waals surface area contributed by atoms with Gasteiger partial charge in [-0.15, -0.1) is 10.2 Å². The molecule has 1 aliphatic heterocycles. The Morgan fingerprint density at radius 3 is 2.90 bits per heavy atom. The maximum atomic E-state index is 12.5. The molecule has 3 N–H and O–H groups in total. The lowest BCUT2D eigenvalue weighted by Gasteiger charge is -2.34. The van der Waals surface area contributed by atoms with E-state index in [0.29, 0.717) is 48.5 Å². The first-order valence-corrected chi connectivity index (χ1v) is 7.52. The highest BCUT2D eigenvalue weighted by Crippen LogP contribution is 2.32. The van der Waals surface area contributed by atoms with Gasteiger partial charge >= 0.3 is 0 Å². The molecule has 3 heterocycles. The Bertz CT molecular complexity index is 605. The van der Waals surface area contributed by atoms with Gasteiger partial charge in [0.2, 0.25) is 11.0 Å². The minimum absolute atomic E-state index is 0.115. The monoisotopic (exact) mass is 308 g/mol. The van der Waals surface area contributed by atoms with Gasteiger partial charge in [-0.1, -0.05) is 11.3 Å². The van der Waals surface area contributed by atoms with Gasteiger partial charge in [-0.25, -0.2) is 0 Å². The van der Waals surface area contributed by atoms with Gasteiger partial charge in [0.15, 0.2) is 10.8 Å². The van der Waals surface area contributed by atoms with Gasteiger partial charge in [-0.3, -0.25) is 10.1 Å². The number of hydrogen-bond donors (Lipinski definition) is 2. The molecule has 2 aromatic heterocycles. The second kappa shape index (κ2) is 5.92. The number of furan rings is 1. The summed E-state index contributed by atoms with van der Waals surface area (Å²) in [5.74, 6) is 0.517. The lowest BCUT2D eigenvalue weighted by molar-refractivity contribution is -0.130. The molecule has 112 valence electrons. The number of ether oxygens (including phenoxy) is 1. The number of amides is 1. The molecule has 0 aromatic carbocycles. The fourth-order valence-corrected chi connectivity index (χ4v) is 3.00. The molecule has 0 spiro atoms. The fraction of sp³-hybridized carbons (Fsp3) is 0.462. The van der Waals surface area contributed by atoms with Crippen LogP contribution in [0.4, 0.5) is 5.13 Å². The Morgan fingerprint density at radius 1 is 1.43 bits per heavy atom. The molecular weight excluding hydrogens is 292 g/mol. The number of carbonyl (C=O) groups excluding carboxylic acids is 1. The van der Waals surface area contributed by atoms with Crippen molar-refractivity contribution in [2.75, 3.05) is 25.1 Å². The molecule has 0 bridgehead atoms. The van der Waals surface area contributed by atoms with E-state index in [4.69, 9.17) is 14.9 Å². The third kappa shape index (κ3) is 2.82. The zero-order valence-electron chi connectivity index (χ0n) is 11.4. The summed E-state index contributed by atoms with van der Waals surface area (Å²) < 4.78 is 10.6. The summed E-state index contributed by atoms with van der Waals surface area (Å²) in [6.45, 7) is 1.41. The number of carbonyl (C=O) groups is 1. The predicted molar refractivity (Wildman–Crippen MR) is 77.8 cm³/mol. The molecule has 2 aromatic rings. The molecule has 0 radical (unpaired) electrons. The first kappa shape index (κ1) is 14.2. The van der Waals surface area contributed by atoms with E-state index in [9.17, 15) is 4.79 Å². The van der Waals surface area contributed by atoms with Crippen LogP contribution in [-0.2, 0) is 9.53 Å². The van der Waals surface area contributed by atoms with E-state index < -0.39 is 5.41 Å². The minimum atomic E-state index is -0.575. The van der Waals surface area contributed by atoms with Crippen molar-refractivity contribution in [2.24, 2.45) is 11.1 Å². The third-order valence-electron chi connectivity index (χ3n) is 3.70. The highest BCUT2D eigenvalue weighted by Gasteiger charge is 2.39. The molecule has 0 saturated carbocycles. The molecule has 0 unspecified atom stereocenters. The number of rotatable bonds is 4. The van der Waals surface area contributed by atoms with Crippen molar-refractivity contribution in [3.05, 3.63) is 18.4 Å². The Morgan fingerprint density at radius 2 is 2.24 bits per heavy atom. The zero-order chi connectivity index (χ0) is 14.7. The lowest BCUT2D eigenvalue weighted by atomic mass is 9.79. The van der Waals surface area contributed by atoms with Gasteiger partial charge in [0.25, 0.3) is 0 Å². The highest BCUT2D eigenvalue weighted by atomic mass is 32.1. The number of nitrogens with two attached hydrogens (primary N) is 1. The standard InChI is InChI=1S/C13H16N4O3S/c14-8-13(3-6-19-7-4-13)11(18)15-12-17-16-10(21-12)9-2-1-5-20-9/h1-2,5H,3-4,6-8,14H2,(H,15,17,18). The number of aromatic nitrogens is 2. The highest BCUT2D eigenvalue weighted by molar-refractivity contribution is 7.18. The fourth-order valence-electron chi connectivity index (χ4n) is 2.29. The SMILES string of the molecule is NCC1(C(=O)Nc2nnc(-c3ccco3)s2)CCOCC1. The average molecular weight is 308 g/mol. The quantitative estimate of drug-likeness (QED) is 0.887. The van der Waals surface area contributed by atoms with Crippen molar-refractivity contribution < 1.29 is 13.9 Å². The largest absolute Gasteiger partial charge is 0.462 e. The Balaban J connectivity index is 1.72. The van der Waals surface area contributed by atoms with Gasteiger partial charge in [0, 0.05) is 19.8 Å². The van der Waals surface area contributed by atoms with Crippen LogP contribution in [0.5, 0.6) is 0 Å². The summed E-state index contributed by atoms with van der Waals surface area (Å²) in [4.78, 5) is 12.5. The van der Waals surface area contributed by atoms with Crippen LogP contribution >= 0.6 is 11.3 Å². The maximum Gasteiger partial charge on any atom is 0.233 e. The van der Waals surface area contributed by atoms with E-state index in [1.165, 1.54) is 11.3 Å². The molecule has 1 amide bonds. The van der Waals surface area contributed by atoms with Crippen LogP contribution in [0, 0.1) is 5.41 Å². The summed E-state index contributed by atoms with van der Waals surface area (Å²) in [5, 5.41) is 11.9. The topological polar surface area (TPSA) is 103 Å². The smallest absolute Gasteiger partial charge is 0.233 e. The van der Waals surface area contributed by atoms with Gasteiger partial charge < -0.3 is 14.9 Å². The van der Waals surface area contributed by atoms with Crippen molar-refractivity contribution in [1.82, 2.24) is 10.2 Å². The van der Waals surface area contributed by atoms with Gasteiger partial charge in [-0.2, -0.15) is 0 Å². The van der Waals surface area contributed by atoms with Gasteiger partial charge in [0.05, 0.1) is 11.7 Å². The molecule has 3 rings (SSSR count). The van der Waals surface area contributed by atoms with Gasteiger partial charge in [0.1, 0.15) is 0 Å². The van der Waals surface area contributed by atoms with Crippen molar-refractivity contribution >= 4 is 22.4 Å².